The summed E-state index contributed by atoms with van der Waals surface area (Å²) >= 11 is 0. The molecule has 0 saturated carbocycles. The monoisotopic (exact) mass is 377 g/mol. The predicted octanol–water partition coefficient (Wildman–Crippen LogP) is 4.86. The summed E-state index contributed by atoms with van der Waals surface area (Å²) in [5, 5.41) is 8.45. The van der Waals surface area contributed by atoms with Gasteiger partial charge < -0.3 is 5.11 Å². The molecular weight excluding hydrogens is 338 g/mol. The van der Waals surface area contributed by atoms with Gasteiger partial charge in [-0.2, -0.15) is 0 Å². The molecule has 0 aromatic rings. The summed E-state index contributed by atoms with van der Waals surface area (Å²) in [4.78, 5) is 10.3. The zero-order valence-corrected chi connectivity index (χ0v) is 16.9. The molecule has 0 saturated heterocycles. The molecule has 25 heavy (non-hydrogen) atoms. The number of unbranched alkanes of at least 4 members (excludes halogenated alkanes) is 14. The molecule has 0 rings (SSSR count). The fraction of sp³-hybridized carbons (Fsp3) is 0.947. The molecule has 0 aliphatic carbocycles. The SMILES string of the molecule is CCCCCCCCCCCCCCCCCS(=O)(=O)NCC(=O)O. The minimum Gasteiger partial charge on any atom is -0.480 e. The van der Waals surface area contributed by atoms with E-state index in [0.29, 0.717) is 6.42 Å². The lowest BCUT2D eigenvalue weighted by Gasteiger charge is -2.05. The van der Waals surface area contributed by atoms with Crippen LogP contribution in [0.1, 0.15) is 103 Å². The van der Waals surface area contributed by atoms with Gasteiger partial charge in [-0.15, -0.1) is 0 Å². The quantitative estimate of drug-likeness (QED) is 0.315. The molecular formula is C19H39NO4S. The second-order valence-electron chi connectivity index (χ2n) is 6.98. The molecule has 0 heterocycles. The highest BCUT2D eigenvalue weighted by Gasteiger charge is 2.10. The normalized spacial score (nSPS) is 11.7. The molecule has 0 aromatic heterocycles. The lowest BCUT2D eigenvalue weighted by atomic mass is 10.0. The zero-order valence-electron chi connectivity index (χ0n) is 16.1. The van der Waals surface area contributed by atoms with E-state index in [9.17, 15) is 13.2 Å². The van der Waals surface area contributed by atoms with E-state index in [1.54, 1.807) is 0 Å². The Labute approximate surface area is 155 Å². The van der Waals surface area contributed by atoms with Gasteiger partial charge in [-0.1, -0.05) is 96.8 Å². The van der Waals surface area contributed by atoms with Crippen molar-refractivity contribution in [3.8, 4) is 0 Å². The Morgan fingerprint density at radius 3 is 1.44 bits per heavy atom. The molecule has 5 nitrogen and oxygen atoms in total. The minimum absolute atomic E-state index is 0.0263. The third kappa shape index (κ3) is 19.6. The summed E-state index contributed by atoms with van der Waals surface area (Å²) in [6.07, 6.45) is 18.6. The average molecular weight is 378 g/mol. The summed E-state index contributed by atoms with van der Waals surface area (Å²) < 4.78 is 25.1. The van der Waals surface area contributed by atoms with Crippen LogP contribution in [0.4, 0.5) is 0 Å². The lowest BCUT2D eigenvalue weighted by Crippen LogP contribution is -2.31. The number of carboxylic acids is 1. The fourth-order valence-electron chi connectivity index (χ4n) is 2.91. The second-order valence-corrected chi connectivity index (χ2v) is 8.91. The largest absolute Gasteiger partial charge is 0.480 e. The summed E-state index contributed by atoms with van der Waals surface area (Å²) in [7, 11) is -3.43. The minimum atomic E-state index is -3.43. The number of hydrogen-bond donors (Lipinski definition) is 2. The van der Waals surface area contributed by atoms with Crippen LogP contribution in [0.15, 0.2) is 0 Å². The van der Waals surface area contributed by atoms with Gasteiger partial charge in [0.05, 0.1) is 5.75 Å². The van der Waals surface area contributed by atoms with Crippen LogP contribution in [-0.4, -0.2) is 31.8 Å². The highest BCUT2D eigenvalue weighted by atomic mass is 32.2. The lowest BCUT2D eigenvalue weighted by molar-refractivity contribution is -0.135. The first-order valence-corrected chi connectivity index (χ1v) is 11.8. The van der Waals surface area contributed by atoms with Crippen molar-refractivity contribution in [3.63, 3.8) is 0 Å². The molecule has 0 fully saturated rings. The Morgan fingerprint density at radius 2 is 1.08 bits per heavy atom. The van der Waals surface area contributed by atoms with E-state index in [4.69, 9.17) is 5.11 Å². The summed E-state index contributed by atoms with van der Waals surface area (Å²) in [5.41, 5.74) is 0. The first-order valence-electron chi connectivity index (χ1n) is 10.2. The average Bonchev–Trinajstić information content (AvgIpc) is 2.56. The zero-order chi connectivity index (χ0) is 18.8. The Bertz CT molecular complexity index is 410. The van der Waals surface area contributed by atoms with E-state index in [0.717, 1.165) is 12.8 Å². The van der Waals surface area contributed by atoms with Crippen LogP contribution in [-0.2, 0) is 14.8 Å². The first kappa shape index (κ1) is 24.4. The van der Waals surface area contributed by atoms with Gasteiger partial charge in [-0.3, -0.25) is 4.79 Å². The van der Waals surface area contributed by atoms with Gasteiger partial charge in [0.2, 0.25) is 10.0 Å². The molecule has 0 aliphatic rings. The molecule has 0 aliphatic heterocycles. The van der Waals surface area contributed by atoms with Gasteiger partial charge in [0.15, 0.2) is 0 Å². The van der Waals surface area contributed by atoms with Crippen molar-refractivity contribution in [2.45, 2.75) is 103 Å². The van der Waals surface area contributed by atoms with E-state index >= 15 is 0 Å². The maximum Gasteiger partial charge on any atom is 0.318 e. The molecule has 150 valence electrons. The van der Waals surface area contributed by atoms with Gasteiger partial charge in [0, 0.05) is 0 Å². The van der Waals surface area contributed by atoms with Crippen molar-refractivity contribution in [2.24, 2.45) is 0 Å². The maximum absolute atomic E-state index is 11.5. The topological polar surface area (TPSA) is 83.5 Å². The van der Waals surface area contributed by atoms with Crippen LogP contribution in [0.2, 0.25) is 0 Å². The van der Waals surface area contributed by atoms with Crippen LogP contribution in [0, 0.1) is 0 Å². The summed E-state index contributed by atoms with van der Waals surface area (Å²) in [6.45, 7) is 1.72. The summed E-state index contributed by atoms with van der Waals surface area (Å²) in [6, 6.07) is 0. The van der Waals surface area contributed by atoms with Gasteiger partial charge in [-0.05, 0) is 6.42 Å². The Morgan fingerprint density at radius 1 is 0.720 bits per heavy atom. The number of sulfonamides is 1. The van der Waals surface area contributed by atoms with Crippen molar-refractivity contribution in [1.82, 2.24) is 4.72 Å². The van der Waals surface area contributed by atoms with E-state index in [2.05, 4.69) is 11.6 Å². The Balaban J connectivity index is 3.25. The number of hydrogen-bond acceptors (Lipinski definition) is 3. The Hall–Kier alpha value is -0.620. The van der Waals surface area contributed by atoms with E-state index in [1.165, 1.54) is 77.0 Å². The van der Waals surface area contributed by atoms with Crippen molar-refractivity contribution < 1.29 is 18.3 Å². The van der Waals surface area contributed by atoms with Crippen LogP contribution >= 0.6 is 0 Å². The van der Waals surface area contributed by atoms with E-state index in [1.807, 2.05) is 0 Å². The molecule has 0 bridgehead atoms. The molecule has 0 unspecified atom stereocenters. The highest BCUT2D eigenvalue weighted by Crippen LogP contribution is 2.13. The van der Waals surface area contributed by atoms with Crippen molar-refractivity contribution in [2.75, 3.05) is 12.3 Å². The van der Waals surface area contributed by atoms with Gasteiger partial charge in [0.25, 0.3) is 0 Å². The third-order valence-electron chi connectivity index (χ3n) is 4.46. The summed E-state index contributed by atoms with van der Waals surface area (Å²) in [5.74, 6) is -1.13. The molecule has 0 aromatic carbocycles. The van der Waals surface area contributed by atoms with Crippen molar-refractivity contribution >= 4 is 16.0 Å². The third-order valence-corrected chi connectivity index (χ3v) is 5.87. The van der Waals surface area contributed by atoms with Gasteiger partial charge in [0.1, 0.15) is 6.54 Å². The number of aliphatic carboxylic acids is 1. The smallest absolute Gasteiger partial charge is 0.318 e. The maximum atomic E-state index is 11.5. The highest BCUT2D eigenvalue weighted by molar-refractivity contribution is 7.89. The van der Waals surface area contributed by atoms with Crippen molar-refractivity contribution in [1.29, 1.82) is 0 Å². The molecule has 0 spiro atoms. The number of carbonyl (C=O) groups is 1. The van der Waals surface area contributed by atoms with E-state index < -0.39 is 22.5 Å². The van der Waals surface area contributed by atoms with Crippen molar-refractivity contribution in [3.05, 3.63) is 0 Å². The van der Waals surface area contributed by atoms with Crippen LogP contribution < -0.4 is 4.72 Å². The van der Waals surface area contributed by atoms with Gasteiger partial charge in [-0.25, -0.2) is 13.1 Å². The second kappa shape index (κ2) is 16.8. The van der Waals surface area contributed by atoms with Gasteiger partial charge >= 0.3 is 5.97 Å². The Kier molecular flexibility index (Phi) is 16.4. The predicted molar refractivity (Wildman–Crippen MR) is 104 cm³/mol. The molecule has 6 heteroatoms. The molecule has 0 atom stereocenters. The number of nitrogens with one attached hydrogen (secondary N) is 1. The molecule has 2 N–H and O–H groups in total. The number of rotatable bonds is 19. The van der Waals surface area contributed by atoms with Crippen LogP contribution in [0.5, 0.6) is 0 Å². The molecule has 0 radical (unpaired) electrons. The van der Waals surface area contributed by atoms with Crippen LogP contribution in [0.25, 0.3) is 0 Å². The molecule has 0 amide bonds. The first-order chi connectivity index (χ1) is 12.0. The number of carboxylic acid groups (broad SMARTS) is 1. The fourth-order valence-corrected chi connectivity index (χ4v) is 3.98. The van der Waals surface area contributed by atoms with E-state index in [-0.39, 0.29) is 5.75 Å². The standard InChI is InChI=1S/C19H39NO4S/c1-2-3-4-5-6-7-8-9-10-11-12-13-14-15-16-17-25(23,24)20-18-19(21)22/h20H,2-18H2,1H3,(H,21,22). The van der Waals surface area contributed by atoms with Crippen LogP contribution in [0.3, 0.4) is 0 Å².